The predicted molar refractivity (Wildman–Crippen MR) is 74.2 cm³/mol. The highest BCUT2D eigenvalue weighted by atomic mass is 19.4. The van der Waals surface area contributed by atoms with E-state index in [4.69, 9.17) is 4.42 Å². The van der Waals surface area contributed by atoms with Crippen molar-refractivity contribution in [3.05, 3.63) is 41.8 Å². The number of hydrogen-bond acceptors (Lipinski definition) is 3. The molecular formula is C15H15F3N2O2. The zero-order valence-electron chi connectivity index (χ0n) is 11.9. The van der Waals surface area contributed by atoms with Gasteiger partial charge in [0.2, 0.25) is 5.89 Å². The van der Waals surface area contributed by atoms with Crippen LogP contribution in [0.15, 0.2) is 34.9 Å². The normalized spacial score (nSPS) is 11.5. The van der Waals surface area contributed by atoms with Crippen LogP contribution >= 0.6 is 0 Å². The van der Waals surface area contributed by atoms with Gasteiger partial charge in [-0.05, 0) is 30.7 Å². The van der Waals surface area contributed by atoms with Gasteiger partial charge in [-0.15, -0.1) is 0 Å². The molecule has 0 unspecified atom stereocenters. The van der Waals surface area contributed by atoms with Gasteiger partial charge in [-0.1, -0.05) is 13.3 Å². The first-order valence-corrected chi connectivity index (χ1v) is 6.83. The van der Waals surface area contributed by atoms with Gasteiger partial charge < -0.3 is 9.73 Å². The molecule has 0 aliphatic heterocycles. The van der Waals surface area contributed by atoms with Gasteiger partial charge in [-0.3, -0.25) is 4.79 Å². The Morgan fingerprint density at radius 3 is 2.55 bits per heavy atom. The van der Waals surface area contributed by atoms with Gasteiger partial charge in [-0.25, -0.2) is 4.98 Å². The van der Waals surface area contributed by atoms with E-state index < -0.39 is 11.7 Å². The molecule has 1 heterocycles. The molecule has 2 aromatic rings. The van der Waals surface area contributed by atoms with Gasteiger partial charge in [0.15, 0.2) is 5.69 Å². The third kappa shape index (κ3) is 3.87. The quantitative estimate of drug-likeness (QED) is 0.852. The maximum Gasteiger partial charge on any atom is 0.416 e. The van der Waals surface area contributed by atoms with Crippen LogP contribution in [0.2, 0.25) is 0 Å². The SMILES string of the molecule is CCCCNC(=O)c1coc(-c2ccc(C(F)(F)F)cc2)n1. The van der Waals surface area contributed by atoms with Crippen LogP contribution in [0, 0.1) is 0 Å². The van der Waals surface area contributed by atoms with E-state index in [0.29, 0.717) is 12.1 Å². The number of carbonyl (C=O) groups is 1. The molecule has 4 nitrogen and oxygen atoms in total. The summed E-state index contributed by atoms with van der Waals surface area (Å²) in [7, 11) is 0. The number of halogens is 3. The molecule has 0 aliphatic carbocycles. The minimum atomic E-state index is -4.39. The second-order valence-corrected chi connectivity index (χ2v) is 4.72. The molecule has 0 fully saturated rings. The molecule has 0 radical (unpaired) electrons. The van der Waals surface area contributed by atoms with Crippen molar-refractivity contribution in [1.29, 1.82) is 0 Å². The molecule has 0 saturated heterocycles. The monoisotopic (exact) mass is 312 g/mol. The van der Waals surface area contributed by atoms with E-state index in [9.17, 15) is 18.0 Å². The fourth-order valence-corrected chi connectivity index (χ4v) is 1.78. The molecule has 0 aliphatic rings. The predicted octanol–water partition coefficient (Wildman–Crippen LogP) is 3.89. The smallest absolute Gasteiger partial charge is 0.416 e. The number of amides is 1. The summed E-state index contributed by atoms with van der Waals surface area (Å²) in [6.45, 7) is 2.54. The largest absolute Gasteiger partial charge is 0.444 e. The van der Waals surface area contributed by atoms with E-state index >= 15 is 0 Å². The Morgan fingerprint density at radius 1 is 1.27 bits per heavy atom. The Morgan fingerprint density at radius 2 is 1.95 bits per heavy atom. The minimum absolute atomic E-state index is 0.103. The number of alkyl halides is 3. The second kappa shape index (κ2) is 6.64. The van der Waals surface area contributed by atoms with Gasteiger partial charge >= 0.3 is 6.18 Å². The van der Waals surface area contributed by atoms with E-state index in [0.717, 1.165) is 25.0 Å². The van der Waals surface area contributed by atoms with Crippen LogP contribution in [0.5, 0.6) is 0 Å². The lowest BCUT2D eigenvalue weighted by Gasteiger charge is -2.06. The highest BCUT2D eigenvalue weighted by Crippen LogP contribution is 2.30. The van der Waals surface area contributed by atoms with Gasteiger partial charge in [0.1, 0.15) is 6.26 Å². The number of carbonyl (C=O) groups excluding carboxylic acids is 1. The number of hydrogen-bond donors (Lipinski definition) is 1. The number of rotatable bonds is 5. The van der Waals surface area contributed by atoms with Crippen LogP contribution in [0.25, 0.3) is 11.5 Å². The molecule has 1 N–H and O–H groups in total. The molecule has 0 saturated carbocycles. The third-order valence-electron chi connectivity index (χ3n) is 3.01. The van der Waals surface area contributed by atoms with E-state index in [1.54, 1.807) is 0 Å². The first-order chi connectivity index (χ1) is 10.4. The van der Waals surface area contributed by atoms with Crippen LogP contribution in [0.3, 0.4) is 0 Å². The average molecular weight is 312 g/mol. The summed E-state index contributed by atoms with van der Waals surface area (Å²) in [6.07, 6.45) is -1.39. The first kappa shape index (κ1) is 16.1. The molecule has 0 bridgehead atoms. The number of oxazole rings is 1. The Hall–Kier alpha value is -2.31. The summed E-state index contributed by atoms with van der Waals surface area (Å²) >= 11 is 0. The minimum Gasteiger partial charge on any atom is -0.444 e. The highest BCUT2D eigenvalue weighted by Gasteiger charge is 2.30. The van der Waals surface area contributed by atoms with Crippen molar-refractivity contribution < 1.29 is 22.4 Å². The van der Waals surface area contributed by atoms with Gasteiger partial charge in [-0.2, -0.15) is 13.2 Å². The Kier molecular flexibility index (Phi) is 4.85. The van der Waals surface area contributed by atoms with Crippen LogP contribution < -0.4 is 5.32 Å². The summed E-state index contributed by atoms with van der Waals surface area (Å²) in [5.41, 5.74) is -0.271. The molecule has 1 aromatic heterocycles. The Balaban J connectivity index is 2.09. The highest BCUT2D eigenvalue weighted by molar-refractivity contribution is 5.92. The maximum absolute atomic E-state index is 12.5. The fraction of sp³-hybridized carbons (Fsp3) is 0.333. The molecule has 22 heavy (non-hydrogen) atoms. The van der Waals surface area contributed by atoms with Crippen molar-refractivity contribution in [3.63, 3.8) is 0 Å². The van der Waals surface area contributed by atoms with Crippen LogP contribution in [-0.4, -0.2) is 17.4 Å². The number of nitrogens with one attached hydrogen (secondary N) is 1. The van der Waals surface area contributed by atoms with Gasteiger partial charge in [0.25, 0.3) is 5.91 Å². The molecular weight excluding hydrogens is 297 g/mol. The number of aromatic nitrogens is 1. The summed E-state index contributed by atoms with van der Waals surface area (Å²) < 4.78 is 42.6. The van der Waals surface area contributed by atoms with Crippen molar-refractivity contribution >= 4 is 5.91 Å². The molecule has 0 atom stereocenters. The zero-order valence-corrected chi connectivity index (χ0v) is 11.9. The summed E-state index contributed by atoms with van der Waals surface area (Å²) in [4.78, 5) is 15.8. The lowest BCUT2D eigenvalue weighted by atomic mass is 10.1. The van der Waals surface area contributed by atoms with E-state index in [2.05, 4.69) is 10.3 Å². The fourth-order valence-electron chi connectivity index (χ4n) is 1.78. The molecule has 1 amide bonds. The molecule has 2 rings (SSSR count). The number of unbranched alkanes of at least 4 members (excludes halogenated alkanes) is 1. The summed E-state index contributed by atoms with van der Waals surface area (Å²) in [5, 5.41) is 2.68. The topological polar surface area (TPSA) is 55.1 Å². The lowest BCUT2D eigenvalue weighted by molar-refractivity contribution is -0.137. The van der Waals surface area contributed by atoms with Crippen molar-refractivity contribution in [2.24, 2.45) is 0 Å². The van der Waals surface area contributed by atoms with Gasteiger partial charge in [0.05, 0.1) is 5.56 Å². The lowest BCUT2D eigenvalue weighted by Crippen LogP contribution is -2.24. The molecule has 1 aromatic carbocycles. The first-order valence-electron chi connectivity index (χ1n) is 6.83. The third-order valence-corrected chi connectivity index (χ3v) is 3.01. The van der Waals surface area contributed by atoms with Crippen LogP contribution in [0.1, 0.15) is 35.8 Å². The van der Waals surface area contributed by atoms with Crippen molar-refractivity contribution in [2.45, 2.75) is 25.9 Å². The van der Waals surface area contributed by atoms with Crippen LogP contribution in [0.4, 0.5) is 13.2 Å². The maximum atomic E-state index is 12.5. The Labute approximate surface area is 125 Å². The number of benzene rings is 1. The van der Waals surface area contributed by atoms with E-state index in [1.165, 1.54) is 18.4 Å². The van der Waals surface area contributed by atoms with Gasteiger partial charge in [0, 0.05) is 12.1 Å². The molecule has 118 valence electrons. The standard InChI is InChI=1S/C15H15F3N2O2/c1-2-3-8-19-13(21)12-9-22-14(20-12)10-4-6-11(7-5-10)15(16,17)18/h4-7,9H,2-3,8H2,1H3,(H,19,21). The summed E-state index contributed by atoms with van der Waals surface area (Å²) in [5.74, 6) is -0.260. The Bertz CT molecular complexity index is 633. The second-order valence-electron chi connectivity index (χ2n) is 4.72. The zero-order chi connectivity index (χ0) is 16.2. The average Bonchev–Trinajstić information content (AvgIpc) is 2.96. The van der Waals surface area contributed by atoms with Crippen molar-refractivity contribution in [3.8, 4) is 11.5 Å². The van der Waals surface area contributed by atoms with E-state index in [-0.39, 0.29) is 17.5 Å². The van der Waals surface area contributed by atoms with Crippen LogP contribution in [-0.2, 0) is 6.18 Å². The number of nitrogens with zero attached hydrogens (tertiary/aromatic N) is 1. The molecule has 7 heteroatoms. The van der Waals surface area contributed by atoms with E-state index in [1.807, 2.05) is 6.92 Å². The van der Waals surface area contributed by atoms with Crippen molar-refractivity contribution in [2.75, 3.05) is 6.54 Å². The molecule has 0 spiro atoms. The summed E-state index contributed by atoms with van der Waals surface area (Å²) in [6, 6.07) is 4.40. The van der Waals surface area contributed by atoms with Crippen molar-refractivity contribution in [1.82, 2.24) is 10.3 Å².